The molecule has 0 heterocycles. The van der Waals surface area contributed by atoms with Crippen LogP contribution in [0.2, 0.25) is 0 Å². The number of hydrogen-bond acceptors (Lipinski definition) is 2. The molecule has 0 saturated heterocycles. The number of hydrogen-bond donors (Lipinski definition) is 2. The van der Waals surface area contributed by atoms with Crippen molar-refractivity contribution >= 4 is 0 Å². The number of nitrogens with two attached hydrogens (primary N) is 1. The zero-order valence-electron chi connectivity index (χ0n) is 7.80. The highest BCUT2D eigenvalue weighted by molar-refractivity contribution is 5.34. The number of phenolic OH excluding ortho intramolecular Hbond substituents is 1. The van der Waals surface area contributed by atoms with Crippen LogP contribution in [0.15, 0.2) is 18.2 Å². The first kappa shape index (κ1) is 10.3. The van der Waals surface area contributed by atoms with Crippen LogP contribution in [0.3, 0.4) is 0 Å². The number of alkyl halides is 2. The Hall–Kier alpha value is -1.23. The Morgan fingerprint density at radius 3 is 2.33 bits per heavy atom. The van der Waals surface area contributed by atoms with E-state index in [1.807, 2.05) is 0 Å². The van der Waals surface area contributed by atoms with Gasteiger partial charge in [-0.2, -0.15) is 0 Å². The molecule has 0 radical (unpaired) electrons. The normalized spacial score (nSPS) is 22.1. The average molecular weight is 217 g/mol. The van der Waals surface area contributed by atoms with E-state index in [-0.39, 0.29) is 0 Å². The fraction of sp³-hybridized carbons (Fsp3) is 0.400. The molecule has 0 aliphatic heterocycles. The zero-order chi connectivity index (χ0) is 11.3. The monoisotopic (exact) mass is 217 g/mol. The van der Waals surface area contributed by atoms with E-state index < -0.39 is 35.9 Å². The highest BCUT2D eigenvalue weighted by Crippen LogP contribution is 2.50. The van der Waals surface area contributed by atoms with E-state index in [4.69, 9.17) is 10.8 Å². The maximum atomic E-state index is 13.0. The molecule has 5 heteroatoms. The predicted octanol–water partition coefficient (Wildman–Crippen LogP) is 2.11. The lowest BCUT2D eigenvalue weighted by molar-refractivity contribution is -0.125. The molecular formula is C10H10F3NO. The Bertz CT molecular complexity index is 398. The standard InChI is InChI=1S/C10H10F3NO/c11-7-3-6(1-2-8(7)15)9(14)4-10(12,13)5-9/h1-3,15H,4-5,14H2. The van der Waals surface area contributed by atoms with Crippen LogP contribution in [0.25, 0.3) is 0 Å². The van der Waals surface area contributed by atoms with Gasteiger partial charge in [-0.15, -0.1) is 0 Å². The first-order valence-corrected chi connectivity index (χ1v) is 4.48. The number of rotatable bonds is 1. The number of benzene rings is 1. The van der Waals surface area contributed by atoms with Gasteiger partial charge in [0.15, 0.2) is 11.6 Å². The van der Waals surface area contributed by atoms with E-state index in [0.717, 1.165) is 12.1 Å². The fourth-order valence-corrected chi connectivity index (χ4v) is 1.89. The zero-order valence-corrected chi connectivity index (χ0v) is 7.80. The van der Waals surface area contributed by atoms with Crippen molar-refractivity contribution in [3.8, 4) is 5.75 Å². The third-order valence-electron chi connectivity index (χ3n) is 2.67. The van der Waals surface area contributed by atoms with Gasteiger partial charge in [-0.3, -0.25) is 0 Å². The van der Waals surface area contributed by atoms with Crippen LogP contribution in [0.4, 0.5) is 13.2 Å². The molecule has 0 spiro atoms. The summed E-state index contributed by atoms with van der Waals surface area (Å²) >= 11 is 0. The summed E-state index contributed by atoms with van der Waals surface area (Å²) in [5.41, 5.74) is 4.82. The third-order valence-corrected chi connectivity index (χ3v) is 2.67. The van der Waals surface area contributed by atoms with Crippen LogP contribution in [0, 0.1) is 5.82 Å². The van der Waals surface area contributed by atoms with Gasteiger partial charge < -0.3 is 10.8 Å². The smallest absolute Gasteiger partial charge is 0.252 e. The summed E-state index contributed by atoms with van der Waals surface area (Å²) < 4.78 is 38.3. The van der Waals surface area contributed by atoms with Crippen molar-refractivity contribution in [2.24, 2.45) is 5.73 Å². The lowest BCUT2D eigenvalue weighted by Crippen LogP contribution is -2.55. The highest BCUT2D eigenvalue weighted by atomic mass is 19.3. The van der Waals surface area contributed by atoms with Crippen molar-refractivity contribution in [3.63, 3.8) is 0 Å². The van der Waals surface area contributed by atoms with Gasteiger partial charge in [0, 0.05) is 12.8 Å². The summed E-state index contributed by atoms with van der Waals surface area (Å²) in [4.78, 5) is 0. The summed E-state index contributed by atoms with van der Waals surface area (Å²) in [6.07, 6.45) is -0.964. The lowest BCUT2D eigenvalue weighted by atomic mass is 9.70. The first-order valence-electron chi connectivity index (χ1n) is 4.48. The van der Waals surface area contributed by atoms with Crippen molar-refractivity contribution in [3.05, 3.63) is 29.6 Å². The van der Waals surface area contributed by atoms with E-state index in [1.54, 1.807) is 0 Å². The number of aromatic hydroxyl groups is 1. The molecule has 0 bridgehead atoms. The van der Waals surface area contributed by atoms with Gasteiger partial charge in [0.05, 0.1) is 5.54 Å². The molecule has 1 aliphatic rings. The Labute approximate surface area is 84.5 Å². The van der Waals surface area contributed by atoms with Crippen LogP contribution in [0.5, 0.6) is 5.75 Å². The second-order valence-corrected chi connectivity index (χ2v) is 4.03. The minimum absolute atomic E-state index is 0.295. The second-order valence-electron chi connectivity index (χ2n) is 4.03. The van der Waals surface area contributed by atoms with Gasteiger partial charge in [-0.25, -0.2) is 13.2 Å². The molecule has 3 N–H and O–H groups in total. The Morgan fingerprint density at radius 2 is 1.87 bits per heavy atom. The maximum absolute atomic E-state index is 13.0. The molecule has 0 unspecified atom stereocenters. The molecule has 0 atom stereocenters. The third kappa shape index (κ3) is 1.67. The summed E-state index contributed by atoms with van der Waals surface area (Å²) in [6, 6.07) is 3.49. The molecule has 1 saturated carbocycles. The van der Waals surface area contributed by atoms with E-state index in [2.05, 4.69) is 0 Å². The van der Waals surface area contributed by atoms with Gasteiger partial charge in [0.2, 0.25) is 0 Å². The minimum Gasteiger partial charge on any atom is -0.505 e. The van der Waals surface area contributed by atoms with E-state index in [9.17, 15) is 13.2 Å². The van der Waals surface area contributed by atoms with Crippen molar-refractivity contribution in [1.29, 1.82) is 0 Å². The maximum Gasteiger partial charge on any atom is 0.252 e. The molecule has 0 amide bonds. The van der Waals surface area contributed by atoms with Crippen LogP contribution in [-0.4, -0.2) is 11.0 Å². The second kappa shape index (κ2) is 2.88. The van der Waals surface area contributed by atoms with E-state index >= 15 is 0 Å². The van der Waals surface area contributed by atoms with E-state index in [0.29, 0.717) is 5.56 Å². The van der Waals surface area contributed by atoms with Crippen molar-refractivity contribution < 1.29 is 18.3 Å². The quantitative estimate of drug-likeness (QED) is 0.756. The van der Waals surface area contributed by atoms with Gasteiger partial charge in [-0.05, 0) is 17.7 Å². The molecule has 1 aliphatic carbocycles. The Balaban J connectivity index is 2.28. The summed E-state index contributed by atoms with van der Waals surface area (Å²) in [5, 5.41) is 8.94. The Kier molecular flexibility index (Phi) is 1.98. The molecule has 82 valence electrons. The van der Waals surface area contributed by atoms with E-state index in [1.165, 1.54) is 6.07 Å². The van der Waals surface area contributed by atoms with Crippen molar-refractivity contribution in [2.75, 3.05) is 0 Å². The minimum atomic E-state index is -2.76. The van der Waals surface area contributed by atoms with Crippen LogP contribution < -0.4 is 5.73 Å². The first-order chi connectivity index (χ1) is 6.82. The summed E-state index contributed by atoms with van der Waals surface area (Å²) in [7, 11) is 0. The fourth-order valence-electron chi connectivity index (χ4n) is 1.89. The predicted molar refractivity (Wildman–Crippen MR) is 48.1 cm³/mol. The van der Waals surface area contributed by atoms with Crippen LogP contribution in [-0.2, 0) is 5.54 Å². The summed E-state index contributed by atoms with van der Waals surface area (Å²) in [6.45, 7) is 0. The van der Waals surface area contributed by atoms with Gasteiger partial charge in [0.1, 0.15) is 0 Å². The van der Waals surface area contributed by atoms with Gasteiger partial charge in [0.25, 0.3) is 5.92 Å². The molecule has 2 nitrogen and oxygen atoms in total. The molecule has 2 rings (SSSR count). The van der Waals surface area contributed by atoms with Crippen LogP contribution in [0.1, 0.15) is 18.4 Å². The van der Waals surface area contributed by atoms with Crippen molar-refractivity contribution in [2.45, 2.75) is 24.3 Å². The van der Waals surface area contributed by atoms with Gasteiger partial charge in [-0.1, -0.05) is 6.07 Å². The van der Waals surface area contributed by atoms with Crippen LogP contribution >= 0.6 is 0 Å². The SMILES string of the molecule is NC1(c2ccc(O)c(F)c2)CC(F)(F)C1. The van der Waals surface area contributed by atoms with Crippen molar-refractivity contribution in [1.82, 2.24) is 0 Å². The molecule has 15 heavy (non-hydrogen) atoms. The highest BCUT2D eigenvalue weighted by Gasteiger charge is 2.55. The molecule has 1 fully saturated rings. The largest absolute Gasteiger partial charge is 0.505 e. The average Bonchev–Trinajstić information content (AvgIpc) is 2.06. The van der Waals surface area contributed by atoms with Gasteiger partial charge >= 0.3 is 0 Å². The topological polar surface area (TPSA) is 46.2 Å². The number of halogens is 3. The Morgan fingerprint density at radius 1 is 1.27 bits per heavy atom. The molecular weight excluding hydrogens is 207 g/mol. The summed E-state index contributed by atoms with van der Waals surface area (Å²) in [5.74, 6) is -4.11. The lowest BCUT2D eigenvalue weighted by Gasteiger charge is -2.44. The molecule has 0 aromatic heterocycles. The molecule has 1 aromatic carbocycles. The molecule has 1 aromatic rings. The number of phenols is 1.